The Labute approximate surface area is 128 Å². The van der Waals surface area contributed by atoms with E-state index in [2.05, 4.69) is 12.2 Å². The Morgan fingerprint density at radius 2 is 1.81 bits per heavy atom. The van der Waals surface area contributed by atoms with Gasteiger partial charge in [-0.2, -0.15) is 0 Å². The molecule has 0 saturated heterocycles. The van der Waals surface area contributed by atoms with Gasteiger partial charge in [-0.15, -0.1) is 0 Å². The zero-order chi connectivity index (χ0) is 15.2. The summed E-state index contributed by atoms with van der Waals surface area (Å²) in [4.78, 5) is 0. The first-order chi connectivity index (χ1) is 10.1. The average molecular weight is 310 g/mol. The summed E-state index contributed by atoms with van der Waals surface area (Å²) < 4.78 is 26.3. The molecule has 0 aromatic heterocycles. The van der Waals surface area contributed by atoms with Gasteiger partial charge in [0.05, 0.1) is 11.1 Å². The van der Waals surface area contributed by atoms with Crippen LogP contribution in [0, 0.1) is 11.6 Å². The Bertz CT molecular complexity index is 584. The van der Waals surface area contributed by atoms with E-state index in [0.717, 1.165) is 30.5 Å². The fourth-order valence-corrected chi connectivity index (χ4v) is 2.39. The Balaban J connectivity index is 2.19. The molecule has 0 radical (unpaired) electrons. The molecule has 0 aliphatic carbocycles. The van der Waals surface area contributed by atoms with E-state index in [9.17, 15) is 8.78 Å². The molecule has 0 fully saturated rings. The van der Waals surface area contributed by atoms with Crippen molar-refractivity contribution in [3.63, 3.8) is 0 Å². The van der Waals surface area contributed by atoms with Crippen molar-refractivity contribution < 1.29 is 8.78 Å². The highest BCUT2D eigenvalue weighted by Crippen LogP contribution is 2.27. The van der Waals surface area contributed by atoms with Gasteiger partial charge in [-0.05, 0) is 42.3 Å². The largest absolute Gasteiger partial charge is 0.378 e. The normalized spacial score (nSPS) is 12.2. The molecular weight excluding hydrogens is 292 g/mol. The molecule has 1 nitrogen and oxygen atoms in total. The van der Waals surface area contributed by atoms with E-state index in [1.54, 1.807) is 24.3 Å². The van der Waals surface area contributed by atoms with Crippen LogP contribution in [-0.4, -0.2) is 0 Å². The SMILES string of the molecule is CCCCC(Nc1ccc(F)c(Cl)c1)c1ccc(F)cc1. The molecule has 0 heterocycles. The summed E-state index contributed by atoms with van der Waals surface area (Å²) in [7, 11) is 0. The smallest absolute Gasteiger partial charge is 0.141 e. The fourth-order valence-electron chi connectivity index (χ4n) is 2.21. The van der Waals surface area contributed by atoms with Crippen molar-refractivity contribution in [1.29, 1.82) is 0 Å². The van der Waals surface area contributed by atoms with Crippen LogP contribution in [0.2, 0.25) is 5.02 Å². The van der Waals surface area contributed by atoms with E-state index >= 15 is 0 Å². The quantitative estimate of drug-likeness (QED) is 0.694. The first-order valence-electron chi connectivity index (χ1n) is 7.07. The van der Waals surface area contributed by atoms with Crippen molar-refractivity contribution in [2.24, 2.45) is 0 Å². The lowest BCUT2D eigenvalue weighted by Gasteiger charge is -2.20. The molecule has 0 bridgehead atoms. The first-order valence-corrected chi connectivity index (χ1v) is 7.45. The van der Waals surface area contributed by atoms with Gasteiger partial charge in [0.2, 0.25) is 0 Å². The molecule has 1 atom stereocenters. The van der Waals surface area contributed by atoms with Gasteiger partial charge in [0.25, 0.3) is 0 Å². The maximum atomic E-state index is 13.2. The van der Waals surface area contributed by atoms with Crippen molar-refractivity contribution in [3.05, 3.63) is 64.7 Å². The highest BCUT2D eigenvalue weighted by molar-refractivity contribution is 6.31. The third-order valence-corrected chi connectivity index (χ3v) is 3.67. The van der Waals surface area contributed by atoms with Gasteiger partial charge in [0.1, 0.15) is 11.6 Å². The molecular formula is C17H18ClF2N. The fraction of sp³-hybridized carbons (Fsp3) is 0.294. The molecule has 2 aromatic rings. The number of anilines is 1. The molecule has 1 unspecified atom stereocenters. The van der Waals surface area contributed by atoms with Crippen LogP contribution in [0.1, 0.15) is 37.8 Å². The molecule has 2 aromatic carbocycles. The van der Waals surface area contributed by atoms with Gasteiger partial charge >= 0.3 is 0 Å². The van der Waals surface area contributed by atoms with Crippen molar-refractivity contribution in [2.45, 2.75) is 32.2 Å². The van der Waals surface area contributed by atoms with Crippen LogP contribution in [0.4, 0.5) is 14.5 Å². The summed E-state index contributed by atoms with van der Waals surface area (Å²) >= 11 is 5.80. The maximum absolute atomic E-state index is 13.2. The summed E-state index contributed by atoms with van der Waals surface area (Å²) in [5, 5.41) is 3.44. The lowest BCUT2D eigenvalue weighted by Crippen LogP contribution is -2.11. The van der Waals surface area contributed by atoms with Crippen LogP contribution in [0.15, 0.2) is 42.5 Å². The van der Waals surface area contributed by atoms with Gasteiger partial charge in [-0.25, -0.2) is 8.78 Å². The second-order valence-electron chi connectivity index (χ2n) is 5.02. The molecule has 4 heteroatoms. The molecule has 0 spiro atoms. The highest BCUT2D eigenvalue weighted by atomic mass is 35.5. The average Bonchev–Trinajstić information content (AvgIpc) is 2.48. The van der Waals surface area contributed by atoms with Crippen molar-refractivity contribution in [2.75, 3.05) is 5.32 Å². The minimum atomic E-state index is -0.436. The number of unbranched alkanes of at least 4 members (excludes halogenated alkanes) is 1. The van der Waals surface area contributed by atoms with E-state index in [1.165, 1.54) is 18.2 Å². The Morgan fingerprint density at radius 3 is 2.43 bits per heavy atom. The van der Waals surface area contributed by atoms with E-state index in [4.69, 9.17) is 11.6 Å². The highest BCUT2D eigenvalue weighted by Gasteiger charge is 2.12. The van der Waals surface area contributed by atoms with Gasteiger partial charge < -0.3 is 5.32 Å². The van der Waals surface area contributed by atoms with Crippen LogP contribution < -0.4 is 5.32 Å². The number of benzene rings is 2. The number of rotatable bonds is 6. The summed E-state index contributed by atoms with van der Waals surface area (Å²) in [6.45, 7) is 2.12. The number of halogens is 3. The van der Waals surface area contributed by atoms with E-state index < -0.39 is 5.82 Å². The van der Waals surface area contributed by atoms with Crippen LogP contribution >= 0.6 is 11.6 Å². The van der Waals surface area contributed by atoms with Crippen LogP contribution in [-0.2, 0) is 0 Å². The van der Waals surface area contributed by atoms with Crippen LogP contribution in [0.3, 0.4) is 0 Å². The summed E-state index contributed by atoms with van der Waals surface area (Å²) in [6.07, 6.45) is 3.03. The molecule has 112 valence electrons. The first kappa shape index (κ1) is 15.8. The maximum Gasteiger partial charge on any atom is 0.141 e. The van der Waals surface area contributed by atoms with Gasteiger partial charge in [0, 0.05) is 5.69 Å². The van der Waals surface area contributed by atoms with Crippen molar-refractivity contribution in [3.8, 4) is 0 Å². The summed E-state index contributed by atoms with van der Waals surface area (Å²) in [5.41, 5.74) is 1.76. The zero-order valence-corrected chi connectivity index (χ0v) is 12.6. The van der Waals surface area contributed by atoms with Gasteiger partial charge in [0.15, 0.2) is 0 Å². The van der Waals surface area contributed by atoms with E-state index in [-0.39, 0.29) is 16.9 Å². The van der Waals surface area contributed by atoms with Gasteiger partial charge in [-0.1, -0.05) is 43.5 Å². The standard InChI is InChI=1S/C17H18ClF2N/c1-2-3-4-17(12-5-7-13(19)8-6-12)21-14-9-10-16(20)15(18)11-14/h5-11,17,21H,2-4H2,1H3. The summed E-state index contributed by atoms with van der Waals surface area (Å²) in [5.74, 6) is -0.688. The Hall–Kier alpha value is -1.61. The molecule has 1 N–H and O–H groups in total. The van der Waals surface area contributed by atoms with Crippen LogP contribution in [0.5, 0.6) is 0 Å². The van der Waals surface area contributed by atoms with Gasteiger partial charge in [-0.3, -0.25) is 0 Å². The molecule has 0 aliphatic rings. The second kappa shape index (κ2) is 7.41. The zero-order valence-electron chi connectivity index (χ0n) is 11.9. The van der Waals surface area contributed by atoms with Crippen molar-refractivity contribution >= 4 is 17.3 Å². The Morgan fingerprint density at radius 1 is 1.10 bits per heavy atom. The number of hydrogen-bond acceptors (Lipinski definition) is 1. The minimum absolute atomic E-state index is 0.0482. The van der Waals surface area contributed by atoms with E-state index in [0.29, 0.717) is 0 Å². The monoisotopic (exact) mass is 309 g/mol. The third kappa shape index (κ3) is 4.43. The van der Waals surface area contributed by atoms with Crippen LogP contribution in [0.25, 0.3) is 0 Å². The second-order valence-corrected chi connectivity index (χ2v) is 5.43. The Kier molecular flexibility index (Phi) is 5.57. The number of hydrogen-bond donors (Lipinski definition) is 1. The molecule has 2 rings (SSSR count). The topological polar surface area (TPSA) is 12.0 Å². The molecule has 0 saturated carbocycles. The predicted molar refractivity (Wildman–Crippen MR) is 83.7 cm³/mol. The lowest BCUT2D eigenvalue weighted by atomic mass is 10.0. The molecule has 0 aliphatic heterocycles. The molecule has 21 heavy (non-hydrogen) atoms. The molecule has 0 amide bonds. The number of nitrogens with one attached hydrogen (secondary N) is 1. The lowest BCUT2D eigenvalue weighted by molar-refractivity contribution is 0.615. The minimum Gasteiger partial charge on any atom is -0.378 e. The summed E-state index contributed by atoms with van der Waals surface area (Å²) in [6, 6.07) is 11.1. The van der Waals surface area contributed by atoms with Crippen molar-refractivity contribution in [1.82, 2.24) is 0 Å². The third-order valence-electron chi connectivity index (χ3n) is 3.38. The van der Waals surface area contributed by atoms with E-state index in [1.807, 2.05) is 0 Å². The predicted octanol–water partition coefficient (Wildman–Crippen LogP) is 5.96.